The van der Waals surface area contributed by atoms with Gasteiger partial charge < -0.3 is 19.5 Å². The van der Waals surface area contributed by atoms with Crippen LogP contribution in [-0.2, 0) is 9.53 Å². The van der Waals surface area contributed by atoms with Crippen molar-refractivity contribution in [2.45, 2.75) is 32.7 Å². The van der Waals surface area contributed by atoms with Crippen LogP contribution in [0.3, 0.4) is 0 Å². The Morgan fingerprint density at radius 2 is 1.81 bits per heavy atom. The molecule has 0 saturated carbocycles. The van der Waals surface area contributed by atoms with Crippen LogP contribution in [0.1, 0.15) is 38.3 Å². The van der Waals surface area contributed by atoms with Gasteiger partial charge in [0.05, 0.1) is 33.5 Å². The fourth-order valence-electron chi connectivity index (χ4n) is 3.41. The number of morpholine rings is 1. The molecule has 0 bridgehead atoms. The maximum absolute atomic E-state index is 12.4. The van der Waals surface area contributed by atoms with E-state index in [0.29, 0.717) is 31.3 Å². The van der Waals surface area contributed by atoms with Crippen LogP contribution in [0.15, 0.2) is 18.2 Å². The normalized spacial score (nSPS) is 16.3. The highest BCUT2D eigenvalue weighted by atomic mass is 16.5. The lowest BCUT2D eigenvalue weighted by molar-refractivity contribution is -0.125. The van der Waals surface area contributed by atoms with E-state index in [-0.39, 0.29) is 17.9 Å². The number of methoxy groups -OCH3 is 2. The van der Waals surface area contributed by atoms with Crippen molar-refractivity contribution in [3.63, 3.8) is 0 Å². The highest BCUT2D eigenvalue weighted by Gasteiger charge is 2.25. The summed E-state index contributed by atoms with van der Waals surface area (Å²) in [4.78, 5) is 14.8. The number of rotatable bonds is 9. The van der Waals surface area contributed by atoms with Gasteiger partial charge in [-0.25, -0.2) is 0 Å². The molecule has 1 atom stereocenters. The summed E-state index contributed by atoms with van der Waals surface area (Å²) in [6, 6.07) is 6.05. The van der Waals surface area contributed by atoms with Crippen molar-refractivity contribution in [3.8, 4) is 11.5 Å². The summed E-state index contributed by atoms with van der Waals surface area (Å²) in [5, 5.41) is 3.15. The highest BCUT2D eigenvalue weighted by Crippen LogP contribution is 2.32. The minimum absolute atomic E-state index is 0.0748. The monoisotopic (exact) mass is 364 g/mol. The molecule has 1 fully saturated rings. The Balaban J connectivity index is 2.19. The second-order valence-corrected chi connectivity index (χ2v) is 6.54. The Morgan fingerprint density at radius 3 is 2.38 bits per heavy atom. The number of benzene rings is 1. The van der Waals surface area contributed by atoms with Gasteiger partial charge in [0, 0.05) is 25.6 Å². The highest BCUT2D eigenvalue weighted by molar-refractivity contribution is 5.78. The Labute approximate surface area is 156 Å². The molecule has 0 radical (unpaired) electrons. The molecule has 1 amide bonds. The van der Waals surface area contributed by atoms with E-state index in [2.05, 4.69) is 24.1 Å². The van der Waals surface area contributed by atoms with E-state index in [9.17, 15) is 4.79 Å². The number of nitrogens with one attached hydrogen (secondary N) is 1. The minimum atomic E-state index is 0.0748. The number of hydrogen-bond acceptors (Lipinski definition) is 5. The molecule has 0 aromatic heterocycles. The van der Waals surface area contributed by atoms with Gasteiger partial charge in [0.1, 0.15) is 0 Å². The molecule has 146 valence electrons. The van der Waals surface area contributed by atoms with Crippen LogP contribution in [-0.4, -0.2) is 57.9 Å². The zero-order valence-electron chi connectivity index (χ0n) is 16.4. The Kier molecular flexibility index (Phi) is 8.19. The van der Waals surface area contributed by atoms with Gasteiger partial charge in [-0.2, -0.15) is 0 Å². The summed E-state index contributed by atoms with van der Waals surface area (Å²) < 4.78 is 16.3. The van der Waals surface area contributed by atoms with Gasteiger partial charge in [0.15, 0.2) is 11.5 Å². The van der Waals surface area contributed by atoms with Gasteiger partial charge in [-0.3, -0.25) is 9.69 Å². The molecular weight excluding hydrogens is 332 g/mol. The molecule has 6 nitrogen and oxygen atoms in total. The Morgan fingerprint density at radius 1 is 1.15 bits per heavy atom. The van der Waals surface area contributed by atoms with Crippen LogP contribution in [0.25, 0.3) is 0 Å². The van der Waals surface area contributed by atoms with Crippen molar-refractivity contribution in [1.29, 1.82) is 0 Å². The Bertz CT molecular complexity index is 569. The molecule has 1 aliphatic rings. The number of carbonyl (C=O) groups excluding carboxylic acids is 1. The van der Waals surface area contributed by atoms with E-state index >= 15 is 0 Å². The molecule has 1 heterocycles. The zero-order valence-corrected chi connectivity index (χ0v) is 16.4. The maximum atomic E-state index is 12.4. The zero-order chi connectivity index (χ0) is 18.9. The molecule has 1 aromatic carbocycles. The van der Waals surface area contributed by atoms with Crippen LogP contribution in [0.5, 0.6) is 11.5 Å². The van der Waals surface area contributed by atoms with Gasteiger partial charge in [0.2, 0.25) is 5.91 Å². The smallest absolute Gasteiger partial charge is 0.223 e. The molecule has 0 spiro atoms. The first-order valence-corrected chi connectivity index (χ1v) is 9.45. The molecule has 1 aliphatic heterocycles. The SMILES string of the molecule is CCC(CC)C(=O)NCC(c1ccc(OC)c(OC)c1)N1CCOCC1. The molecule has 1 saturated heterocycles. The predicted molar refractivity (Wildman–Crippen MR) is 102 cm³/mol. The van der Waals surface area contributed by atoms with Crippen molar-refractivity contribution < 1.29 is 19.0 Å². The second kappa shape index (κ2) is 10.4. The molecule has 0 aliphatic carbocycles. The summed E-state index contributed by atoms with van der Waals surface area (Å²) in [7, 11) is 3.27. The molecule has 1 unspecified atom stereocenters. The minimum Gasteiger partial charge on any atom is -0.493 e. The third-order valence-corrected chi connectivity index (χ3v) is 5.10. The number of nitrogens with zero attached hydrogens (tertiary/aromatic N) is 1. The van der Waals surface area contributed by atoms with E-state index < -0.39 is 0 Å². The quantitative estimate of drug-likeness (QED) is 0.730. The standard InChI is InChI=1S/C20H32N2O4/c1-5-15(6-2)20(23)21-14-17(22-9-11-26-12-10-22)16-7-8-18(24-3)19(13-16)25-4/h7-8,13,15,17H,5-6,9-12,14H2,1-4H3,(H,21,23). The fraction of sp³-hybridized carbons (Fsp3) is 0.650. The summed E-state index contributed by atoms with van der Waals surface area (Å²) in [6.07, 6.45) is 1.72. The average molecular weight is 364 g/mol. The largest absolute Gasteiger partial charge is 0.493 e. The van der Waals surface area contributed by atoms with Crippen LogP contribution >= 0.6 is 0 Å². The first-order chi connectivity index (χ1) is 12.6. The number of hydrogen-bond donors (Lipinski definition) is 1. The van der Waals surface area contributed by atoms with E-state index in [1.807, 2.05) is 18.2 Å². The lowest BCUT2D eigenvalue weighted by Crippen LogP contribution is -2.44. The lowest BCUT2D eigenvalue weighted by Gasteiger charge is -2.35. The summed E-state index contributed by atoms with van der Waals surface area (Å²) in [5.74, 6) is 1.62. The summed E-state index contributed by atoms with van der Waals surface area (Å²) in [5.41, 5.74) is 1.11. The number of ether oxygens (including phenoxy) is 3. The number of carbonyl (C=O) groups is 1. The van der Waals surface area contributed by atoms with Crippen molar-refractivity contribution in [1.82, 2.24) is 10.2 Å². The van der Waals surface area contributed by atoms with E-state index in [0.717, 1.165) is 31.5 Å². The first-order valence-electron chi connectivity index (χ1n) is 9.45. The second-order valence-electron chi connectivity index (χ2n) is 6.54. The van der Waals surface area contributed by atoms with Gasteiger partial charge in [-0.15, -0.1) is 0 Å². The van der Waals surface area contributed by atoms with Crippen molar-refractivity contribution in [2.24, 2.45) is 5.92 Å². The Hall–Kier alpha value is -1.79. The van der Waals surface area contributed by atoms with Crippen LogP contribution in [0.2, 0.25) is 0 Å². The predicted octanol–water partition coefficient (Wildman–Crippen LogP) is 2.63. The van der Waals surface area contributed by atoms with Gasteiger partial charge >= 0.3 is 0 Å². The third-order valence-electron chi connectivity index (χ3n) is 5.10. The van der Waals surface area contributed by atoms with Crippen molar-refractivity contribution >= 4 is 5.91 Å². The average Bonchev–Trinajstić information content (AvgIpc) is 2.69. The van der Waals surface area contributed by atoms with Crippen molar-refractivity contribution in [2.75, 3.05) is 47.1 Å². The summed E-state index contributed by atoms with van der Waals surface area (Å²) >= 11 is 0. The van der Waals surface area contributed by atoms with Gasteiger partial charge in [-0.05, 0) is 30.5 Å². The van der Waals surface area contributed by atoms with Gasteiger partial charge in [0.25, 0.3) is 0 Å². The molecular formula is C20H32N2O4. The lowest BCUT2D eigenvalue weighted by atomic mass is 10.0. The molecule has 2 rings (SSSR count). The van der Waals surface area contributed by atoms with Crippen LogP contribution in [0, 0.1) is 5.92 Å². The molecule has 6 heteroatoms. The summed E-state index contributed by atoms with van der Waals surface area (Å²) in [6.45, 7) is 7.81. The van der Waals surface area contributed by atoms with Crippen molar-refractivity contribution in [3.05, 3.63) is 23.8 Å². The number of amides is 1. The van der Waals surface area contributed by atoms with E-state index in [1.165, 1.54) is 0 Å². The fourth-order valence-corrected chi connectivity index (χ4v) is 3.41. The first kappa shape index (κ1) is 20.5. The maximum Gasteiger partial charge on any atom is 0.223 e. The topological polar surface area (TPSA) is 60.0 Å². The van der Waals surface area contributed by atoms with Gasteiger partial charge in [-0.1, -0.05) is 19.9 Å². The molecule has 1 aromatic rings. The third kappa shape index (κ3) is 5.11. The molecule has 1 N–H and O–H groups in total. The van der Waals surface area contributed by atoms with Crippen LogP contribution < -0.4 is 14.8 Å². The van der Waals surface area contributed by atoms with E-state index in [1.54, 1.807) is 14.2 Å². The van der Waals surface area contributed by atoms with Crippen LogP contribution in [0.4, 0.5) is 0 Å². The van der Waals surface area contributed by atoms with E-state index in [4.69, 9.17) is 14.2 Å². The molecule has 26 heavy (non-hydrogen) atoms.